The third-order valence-corrected chi connectivity index (χ3v) is 8.73. The number of sulfonamides is 2. The van der Waals surface area contributed by atoms with E-state index in [0.29, 0.717) is 3.71 Å². The molecule has 3 aromatic carbocycles. The summed E-state index contributed by atoms with van der Waals surface area (Å²) in [5, 5.41) is 19.3. The first kappa shape index (κ1) is 21.8. The predicted octanol–water partition coefficient (Wildman–Crippen LogP) is 3.09. The molecule has 7 nitrogen and oxygen atoms in total. The van der Waals surface area contributed by atoms with Gasteiger partial charge in [0.2, 0.25) is 0 Å². The standard InChI is InChI=1S/C21H21NO6S2/c1-15-3-8-19(9-4-15)29(25,26)22(18-7-12-21(24)17(13-18)14-23)30(27,28)20-10-5-16(2)6-11-20/h3-13,23-24H,14H2,1-2H3. The van der Waals surface area contributed by atoms with Crippen molar-refractivity contribution in [3.8, 4) is 5.75 Å². The van der Waals surface area contributed by atoms with Gasteiger partial charge in [-0.3, -0.25) is 0 Å². The van der Waals surface area contributed by atoms with Gasteiger partial charge < -0.3 is 10.2 Å². The number of phenols is 1. The Bertz CT molecular complexity index is 1190. The molecule has 0 saturated heterocycles. The van der Waals surface area contributed by atoms with Gasteiger partial charge in [-0.1, -0.05) is 35.4 Å². The molecule has 3 aromatic rings. The van der Waals surface area contributed by atoms with Crippen LogP contribution in [0.1, 0.15) is 16.7 Å². The summed E-state index contributed by atoms with van der Waals surface area (Å²) in [5.74, 6) is -0.276. The van der Waals surface area contributed by atoms with E-state index in [0.717, 1.165) is 23.3 Å². The van der Waals surface area contributed by atoms with Gasteiger partial charge in [-0.2, -0.15) is 3.71 Å². The van der Waals surface area contributed by atoms with Crippen molar-refractivity contribution in [3.63, 3.8) is 0 Å². The second-order valence-corrected chi connectivity index (χ2v) is 10.6. The van der Waals surface area contributed by atoms with Crippen LogP contribution in [0.3, 0.4) is 0 Å². The molecule has 0 radical (unpaired) electrons. The Morgan fingerprint density at radius 1 is 0.733 bits per heavy atom. The van der Waals surface area contributed by atoms with Crippen LogP contribution < -0.4 is 3.71 Å². The van der Waals surface area contributed by atoms with Crippen LogP contribution in [0.15, 0.2) is 76.5 Å². The summed E-state index contributed by atoms with van der Waals surface area (Å²) in [5.41, 5.74) is 1.40. The number of aromatic hydroxyl groups is 1. The number of anilines is 1. The Morgan fingerprint density at radius 3 is 1.57 bits per heavy atom. The lowest BCUT2D eigenvalue weighted by molar-refractivity contribution is 0.275. The van der Waals surface area contributed by atoms with E-state index < -0.39 is 26.7 Å². The lowest BCUT2D eigenvalue weighted by atomic mass is 10.2. The minimum absolute atomic E-state index is 0.00397. The normalized spacial score (nSPS) is 12.0. The maximum Gasteiger partial charge on any atom is 0.277 e. The van der Waals surface area contributed by atoms with Crippen LogP contribution in [0.5, 0.6) is 5.75 Å². The highest BCUT2D eigenvalue weighted by atomic mass is 32.3. The van der Waals surface area contributed by atoms with Gasteiger partial charge in [-0.05, 0) is 56.3 Å². The molecule has 2 N–H and O–H groups in total. The first-order valence-electron chi connectivity index (χ1n) is 8.94. The molecule has 0 saturated carbocycles. The largest absolute Gasteiger partial charge is 0.508 e. The van der Waals surface area contributed by atoms with E-state index in [1.165, 1.54) is 30.3 Å². The van der Waals surface area contributed by atoms with Crippen LogP contribution in [-0.2, 0) is 26.7 Å². The Morgan fingerprint density at radius 2 is 1.17 bits per heavy atom. The Labute approximate surface area is 176 Å². The fourth-order valence-corrected chi connectivity index (χ4v) is 6.51. The maximum atomic E-state index is 13.4. The van der Waals surface area contributed by atoms with Gasteiger partial charge in [0.15, 0.2) is 0 Å². The average Bonchev–Trinajstić information content (AvgIpc) is 2.69. The Hall–Kier alpha value is -2.88. The van der Waals surface area contributed by atoms with E-state index in [-0.39, 0.29) is 26.8 Å². The summed E-state index contributed by atoms with van der Waals surface area (Å²) in [6, 6.07) is 15.0. The molecule has 0 unspecified atom stereocenters. The summed E-state index contributed by atoms with van der Waals surface area (Å²) in [4.78, 5) is -0.412. The average molecular weight is 448 g/mol. The number of hydrogen-bond donors (Lipinski definition) is 2. The van der Waals surface area contributed by atoms with Gasteiger partial charge >= 0.3 is 0 Å². The topological polar surface area (TPSA) is 112 Å². The molecule has 3 rings (SSSR count). The second kappa shape index (κ2) is 8.10. The van der Waals surface area contributed by atoms with E-state index in [1.54, 1.807) is 38.1 Å². The van der Waals surface area contributed by atoms with E-state index in [2.05, 4.69) is 0 Å². The molecule has 0 fully saturated rings. The molecule has 0 aliphatic carbocycles. The number of rotatable bonds is 6. The number of hydrogen-bond acceptors (Lipinski definition) is 6. The van der Waals surface area contributed by atoms with Crippen molar-refractivity contribution in [2.45, 2.75) is 30.2 Å². The molecule has 0 heterocycles. The zero-order chi connectivity index (χ0) is 22.1. The molecular formula is C21H21NO6S2. The highest BCUT2D eigenvalue weighted by molar-refractivity contribution is 8.10. The highest BCUT2D eigenvalue weighted by Crippen LogP contribution is 2.33. The van der Waals surface area contributed by atoms with E-state index in [4.69, 9.17) is 0 Å². The van der Waals surface area contributed by atoms with Crippen molar-refractivity contribution < 1.29 is 27.0 Å². The summed E-state index contributed by atoms with van der Waals surface area (Å²) in [6.07, 6.45) is 0. The predicted molar refractivity (Wildman–Crippen MR) is 113 cm³/mol. The number of aliphatic hydroxyl groups excluding tert-OH is 1. The highest BCUT2D eigenvalue weighted by Gasteiger charge is 2.37. The van der Waals surface area contributed by atoms with Gasteiger partial charge in [0, 0.05) is 5.56 Å². The minimum Gasteiger partial charge on any atom is -0.508 e. The number of nitrogens with zero attached hydrogens (tertiary/aromatic N) is 1. The van der Waals surface area contributed by atoms with Crippen molar-refractivity contribution >= 4 is 25.7 Å². The summed E-state index contributed by atoms with van der Waals surface area (Å²) in [6.45, 7) is 2.97. The lowest BCUT2D eigenvalue weighted by Gasteiger charge is -2.25. The number of aryl methyl sites for hydroxylation is 2. The fraction of sp³-hybridized carbons (Fsp3) is 0.143. The smallest absolute Gasteiger partial charge is 0.277 e. The van der Waals surface area contributed by atoms with Crippen LogP contribution in [-0.4, -0.2) is 27.0 Å². The van der Waals surface area contributed by atoms with Crippen LogP contribution in [0.25, 0.3) is 0 Å². The van der Waals surface area contributed by atoms with E-state index in [9.17, 15) is 27.0 Å². The zero-order valence-electron chi connectivity index (χ0n) is 16.3. The van der Waals surface area contributed by atoms with Crippen LogP contribution >= 0.6 is 0 Å². The minimum atomic E-state index is -4.54. The van der Waals surface area contributed by atoms with Crippen molar-refractivity contribution in [2.75, 3.05) is 3.71 Å². The molecule has 0 spiro atoms. The summed E-state index contributed by atoms with van der Waals surface area (Å²) in [7, 11) is -9.09. The van der Waals surface area contributed by atoms with Gasteiger partial charge in [-0.15, -0.1) is 0 Å². The third kappa shape index (κ3) is 4.04. The maximum absolute atomic E-state index is 13.4. The van der Waals surface area contributed by atoms with E-state index in [1.807, 2.05) is 0 Å². The lowest BCUT2D eigenvalue weighted by Crippen LogP contribution is -2.37. The third-order valence-electron chi connectivity index (χ3n) is 4.52. The zero-order valence-corrected chi connectivity index (χ0v) is 18.0. The molecule has 0 aromatic heterocycles. The first-order chi connectivity index (χ1) is 14.1. The van der Waals surface area contributed by atoms with Crippen molar-refractivity contribution in [3.05, 3.63) is 83.4 Å². The number of benzene rings is 3. The molecule has 0 aliphatic rings. The fourth-order valence-electron chi connectivity index (χ4n) is 2.83. The molecule has 0 amide bonds. The molecule has 30 heavy (non-hydrogen) atoms. The molecule has 9 heteroatoms. The molecule has 0 atom stereocenters. The molecule has 158 valence electrons. The molecule has 0 bridgehead atoms. The Balaban J connectivity index is 2.29. The SMILES string of the molecule is Cc1ccc(S(=O)(=O)N(c2ccc(O)c(CO)c2)S(=O)(=O)c2ccc(C)cc2)cc1. The number of aliphatic hydroxyl groups is 1. The summed E-state index contributed by atoms with van der Waals surface area (Å²) < 4.78 is 54.1. The molecular weight excluding hydrogens is 426 g/mol. The van der Waals surface area contributed by atoms with Gasteiger partial charge in [0.05, 0.1) is 22.1 Å². The van der Waals surface area contributed by atoms with Gasteiger partial charge in [0.1, 0.15) is 5.75 Å². The van der Waals surface area contributed by atoms with Crippen LogP contribution in [0, 0.1) is 13.8 Å². The second-order valence-electron chi connectivity index (χ2n) is 6.80. The Kier molecular flexibility index (Phi) is 5.89. The van der Waals surface area contributed by atoms with Crippen LogP contribution in [0.4, 0.5) is 5.69 Å². The van der Waals surface area contributed by atoms with Gasteiger partial charge in [0.25, 0.3) is 20.0 Å². The van der Waals surface area contributed by atoms with Crippen molar-refractivity contribution in [2.24, 2.45) is 0 Å². The monoisotopic (exact) mass is 447 g/mol. The molecule has 0 aliphatic heterocycles. The van der Waals surface area contributed by atoms with E-state index >= 15 is 0 Å². The van der Waals surface area contributed by atoms with Crippen LogP contribution in [0.2, 0.25) is 0 Å². The first-order valence-corrected chi connectivity index (χ1v) is 11.8. The van der Waals surface area contributed by atoms with Crippen molar-refractivity contribution in [1.82, 2.24) is 0 Å². The quantitative estimate of drug-likeness (QED) is 0.601. The van der Waals surface area contributed by atoms with Gasteiger partial charge in [-0.25, -0.2) is 16.8 Å². The summed E-state index contributed by atoms with van der Waals surface area (Å²) >= 11 is 0. The van der Waals surface area contributed by atoms with Crippen molar-refractivity contribution in [1.29, 1.82) is 0 Å².